The molecule has 1 fully saturated rings. The van der Waals surface area contributed by atoms with Crippen LogP contribution in [0.2, 0.25) is 0 Å². The Morgan fingerprint density at radius 2 is 1.76 bits per heavy atom. The Balaban J connectivity index is 1.50. The van der Waals surface area contributed by atoms with E-state index < -0.39 is 0 Å². The lowest BCUT2D eigenvalue weighted by molar-refractivity contribution is -0.122. The van der Waals surface area contributed by atoms with Crippen molar-refractivity contribution in [3.05, 3.63) is 59.9 Å². The van der Waals surface area contributed by atoms with Crippen molar-refractivity contribution in [3.63, 3.8) is 0 Å². The molecule has 3 unspecified atom stereocenters. The number of ether oxygens (including phenoxy) is 3. The molecule has 0 saturated heterocycles. The molecule has 1 aliphatic heterocycles. The Morgan fingerprint density at radius 1 is 1.00 bits per heavy atom. The van der Waals surface area contributed by atoms with Crippen molar-refractivity contribution in [3.8, 4) is 17.2 Å². The van der Waals surface area contributed by atoms with Gasteiger partial charge in [0, 0.05) is 12.1 Å². The molecule has 3 atom stereocenters. The molecule has 0 radical (unpaired) electrons. The molecule has 170 valence electrons. The number of hydrogen-bond acceptors (Lipinski definition) is 7. The van der Waals surface area contributed by atoms with Crippen molar-refractivity contribution in [1.29, 1.82) is 0 Å². The highest BCUT2D eigenvalue weighted by Gasteiger charge is 2.44. The van der Waals surface area contributed by atoms with Crippen LogP contribution in [0.3, 0.4) is 0 Å². The smallest absolute Gasteiger partial charge is 0.248 e. The number of benzene rings is 2. The largest absolute Gasteiger partial charge is 0.494 e. The lowest BCUT2D eigenvalue weighted by Crippen LogP contribution is -2.41. The quantitative estimate of drug-likeness (QED) is 0.566. The minimum Gasteiger partial charge on any atom is -0.494 e. The van der Waals surface area contributed by atoms with E-state index in [2.05, 4.69) is 10.1 Å². The molecule has 1 aliphatic carbocycles. The first kappa shape index (κ1) is 21.2. The number of methoxy groups -OCH3 is 2. The molecule has 8 heteroatoms. The van der Waals surface area contributed by atoms with E-state index in [9.17, 15) is 4.79 Å². The van der Waals surface area contributed by atoms with Crippen LogP contribution in [0, 0.1) is 5.92 Å². The van der Waals surface area contributed by atoms with Gasteiger partial charge in [-0.3, -0.25) is 4.79 Å². The molecular formula is C25H26N4O4. The van der Waals surface area contributed by atoms with Gasteiger partial charge in [-0.1, -0.05) is 18.2 Å². The van der Waals surface area contributed by atoms with Crippen LogP contribution in [0.4, 0.5) is 5.95 Å². The fraction of sp³-hybridized carbons (Fsp3) is 0.360. The minimum atomic E-state index is -0.367. The molecule has 2 aromatic carbocycles. The Kier molecular flexibility index (Phi) is 5.58. The molecule has 3 aromatic rings. The van der Waals surface area contributed by atoms with Crippen molar-refractivity contribution in [2.45, 2.75) is 31.7 Å². The molecule has 0 bridgehead atoms. The van der Waals surface area contributed by atoms with Gasteiger partial charge in [0.2, 0.25) is 5.95 Å². The van der Waals surface area contributed by atoms with Crippen molar-refractivity contribution in [1.82, 2.24) is 14.8 Å². The van der Waals surface area contributed by atoms with Gasteiger partial charge in [-0.15, -0.1) is 0 Å². The van der Waals surface area contributed by atoms with Gasteiger partial charge < -0.3 is 14.2 Å². The maximum atomic E-state index is 13.6. The van der Waals surface area contributed by atoms with Gasteiger partial charge in [-0.2, -0.15) is 10.1 Å². The lowest BCUT2D eigenvalue weighted by atomic mass is 9.72. The third kappa shape index (κ3) is 3.75. The summed E-state index contributed by atoms with van der Waals surface area (Å²) in [5.74, 6) is 2.45. The van der Waals surface area contributed by atoms with E-state index in [0.29, 0.717) is 36.9 Å². The zero-order valence-corrected chi connectivity index (χ0v) is 18.9. The van der Waals surface area contributed by atoms with Crippen LogP contribution in [0.5, 0.6) is 17.2 Å². The van der Waals surface area contributed by atoms with E-state index >= 15 is 0 Å². The van der Waals surface area contributed by atoms with E-state index in [1.807, 2.05) is 49.4 Å². The van der Waals surface area contributed by atoms with Gasteiger partial charge in [-0.05, 0) is 54.7 Å². The summed E-state index contributed by atoms with van der Waals surface area (Å²) in [6.45, 7) is 2.56. The monoisotopic (exact) mass is 446 g/mol. The average molecular weight is 447 g/mol. The SMILES string of the molecule is CCOc1ccc(C2C3C(=O)CC(c4ccc(OC)c(OC)c4)CC3=Nc3ncnn32)cc1. The summed E-state index contributed by atoms with van der Waals surface area (Å²) in [7, 11) is 3.23. The topological polar surface area (TPSA) is 87.8 Å². The number of ketones is 1. The summed E-state index contributed by atoms with van der Waals surface area (Å²) < 4.78 is 18.2. The highest BCUT2D eigenvalue weighted by atomic mass is 16.5. The normalized spacial score (nSPS) is 21.6. The van der Waals surface area contributed by atoms with E-state index in [4.69, 9.17) is 19.2 Å². The Labute approximate surface area is 192 Å². The van der Waals surface area contributed by atoms with Gasteiger partial charge in [0.05, 0.1) is 32.8 Å². The van der Waals surface area contributed by atoms with Gasteiger partial charge in [0.1, 0.15) is 17.9 Å². The molecule has 5 rings (SSSR count). The van der Waals surface area contributed by atoms with Crippen molar-refractivity contribution < 1.29 is 19.0 Å². The summed E-state index contributed by atoms with van der Waals surface area (Å²) in [6.07, 6.45) is 2.59. The number of nitrogens with zero attached hydrogens (tertiary/aromatic N) is 4. The molecule has 0 amide bonds. The molecule has 1 aromatic heterocycles. The number of Topliss-reactive ketones (excluding diaryl/α,β-unsaturated/α-hetero) is 1. The second-order valence-electron chi connectivity index (χ2n) is 8.22. The Morgan fingerprint density at radius 3 is 2.48 bits per heavy atom. The van der Waals surface area contributed by atoms with Crippen LogP contribution in [0.1, 0.15) is 42.9 Å². The summed E-state index contributed by atoms with van der Waals surface area (Å²) in [5.41, 5.74) is 2.87. The number of hydrogen-bond donors (Lipinski definition) is 0. The number of aliphatic imine (C=N–C) groups is 1. The molecule has 0 N–H and O–H groups in total. The number of carbonyl (C=O) groups is 1. The van der Waals surface area contributed by atoms with E-state index in [-0.39, 0.29) is 23.7 Å². The van der Waals surface area contributed by atoms with Crippen LogP contribution in [-0.2, 0) is 4.79 Å². The van der Waals surface area contributed by atoms with Crippen LogP contribution < -0.4 is 14.2 Å². The van der Waals surface area contributed by atoms with Crippen LogP contribution >= 0.6 is 0 Å². The molecule has 1 saturated carbocycles. The summed E-state index contributed by atoms with van der Waals surface area (Å²) in [5, 5.41) is 4.40. The minimum absolute atomic E-state index is 0.0164. The fourth-order valence-electron chi connectivity index (χ4n) is 4.87. The first-order chi connectivity index (χ1) is 16.1. The van der Waals surface area contributed by atoms with Crippen LogP contribution in [0.25, 0.3) is 0 Å². The number of fused-ring (bicyclic) bond motifs is 2. The maximum absolute atomic E-state index is 13.6. The number of rotatable bonds is 6. The highest BCUT2D eigenvalue weighted by Crippen LogP contribution is 2.44. The van der Waals surface area contributed by atoms with Gasteiger partial charge in [0.25, 0.3) is 0 Å². The summed E-state index contributed by atoms with van der Waals surface area (Å²) in [6, 6.07) is 13.4. The maximum Gasteiger partial charge on any atom is 0.248 e. The fourth-order valence-corrected chi connectivity index (χ4v) is 4.87. The molecule has 8 nitrogen and oxygen atoms in total. The summed E-state index contributed by atoms with van der Waals surface area (Å²) in [4.78, 5) is 22.6. The van der Waals surface area contributed by atoms with Crippen LogP contribution in [0.15, 0.2) is 53.8 Å². The Bertz CT molecular complexity index is 1200. The number of carbonyl (C=O) groups excluding carboxylic acids is 1. The van der Waals surface area contributed by atoms with E-state index in [0.717, 1.165) is 22.6 Å². The molecule has 0 spiro atoms. The second-order valence-corrected chi connectivity index (χ2v) is 8.22. The molecule has 2 heterocycles. The van der Waals surface area contributed by atoms with Crippen molar-refractivity contribution in [2.75, 3.05) is 20.8 Å². The number of aromatic nitrogens is 3. The van der Waals surface area contributed by atoms with Gasteiger partial charge in [-0.25, -0.2) is 9.67 Å². The van der Waals surface area contributed by atoms with E-state index in [1.54, 1.807) is 18.9 Å². The first-order valence-corrected chi connectivity index (χ1v) is 11.1. The predicted octanol–water partition coefficient (Wildman–Crippen LogP) is 4.13. The zero-order valence-electron chi connectivity index (χ0n) is 18.9. The van der Waals surface area contributed by atoms with Crippen LogP contribution in [-0.4, -0.2) is 47.1 Å². The third-order valence-corrected chi connectivity index (χ3v) is 6.40. The third-order valence-electron chi connectivity index (χ3n) is 6.40. The molecular weight excluding hydrogens is 420 g/mol. The second kappa shape index (κ2) is 8.69. The lowest BCUT2D eigenvalue weighted by Gasteiger charge is -2.37. The van der Waals surface area contributed by atoms with E-state index in [1.165, 1.54) is 6.33 Å². The molecule has 33 heavy (non-hydrogen) atoms. The van der Waals surface area contributed by atoms with Gasteiger partial charge in [0.15, 0.2) is 11.5 Å². The summed E-state index contributed by atoms with van der Waals surface area (Å²) >= 11 is 0. The van der Waals surface area contributed by atoms with Gasteiger partial charge >= 0.3 is 0 Å². The van der Waals surface area contributed by atoms with Crippen molar-refractivity contribution in [2.24, 2.45) is 10.9 Å². The predicted molar refractivity (Wildman–Crippen MR) is 123 cm³/mol. The Hall–Kier alpha value is -3.68. The molecule has 2 aliphatic rings. The van der Waals surface area contributed by atoms with Crippen molar-refractivity contribution >= 4 is 17.4 Å². The zero-order chi connectivity index (χ0) is 22.9. The first-order valence-electron chi connectivity index (χ1n) is 11.1. The highest BCUT2D eigenvalue weighted by molar-refractivity contribution is 6.10. The average Bonchev–Trinajstić information content (AvgIpc) is 3.31. The standard InChI is InChI=1S/C25H26N4O4/c1-4-33-18-8-5-15(6-9-18)24-23-19(28-25-26-14-27-29(24)25)11-17(12-20(23)30)16-7-10-21(31-2)22(13-16)32-3/h5-10,13-14,17,23-24H,4,11-12H2,1-3H3.